The van der Waals surface area contributed by atoms with E-state index in [1.165, 1.54) is 5.56 Å². The van der Waals surface area contributed by atoms with Gasteiger partial charge in [-0.2, -0.15) is 0 Å². The van der Waals surface area contributed by atoms with Crippen LogP contribution in [0.25, 0.3) is 0 Å². The number of hydrogen-bond donors (Lipinski definition) is 2. The predicted molar refractivity (Wildman–Crippen MR) is 160 cm³/mol. The van der Waals surface area contributed by atoms with Crippen molar-refractivity contribution in [3.63, 3.8) is 0 Å². The summed E-state index contributed by atoms with van der Waals surface area (Å²) in [5.41, 5.74) is 7.94. The fourth-order valence-corrected chi connectivity index (χ4v) is 6.09. The van der Waals surface area contributed by atoms with Crippen LogP contribution in [0.1, 0.15) is 69.4 Å². The van der Waals surface area contributed by atoms with Crippen molar-refractivity contribution < 1.29 is 19.1 Å². The summed E-state index contributed by atoms with van der Waals surface area (Å²) in [6.45, 7) is 5.42. The first-order chi connectivity index (χ1) is 19.9. The maximum atomic E-state index is 13.7. The fraction of sp³-hybridized carbons (Fsp3) is 0.545. The predicted octanol–water partition coefficient (Wildman–Crippen LogP) is 3.82. The molecule has 2 fully saturated rings. The summed E-state index contributed by atoms with van der Waals surface area (Å²) in [5, 5.41) is 3.00. The van der Waals surface area contributed by atoms with Crippen molar-refractivity contribution in [2.45, 2.75) is 88.9 Å². The molecule has 2 amide bonds. The fourth-order valence-electron chi connectivity index (χ4n) is 6.09. The third kappa shape index (κ3) is 8.17. The lowest BCUT2D eigenvalue weighted by Gasteiger charge is -2.52. The highest BCUT2D eigenvalue weighted by molar-refractivity contribution is 6.00. The number of carbonyl (C=O) groups is 3. The molecule has 0 aliphatic carbocycles. The van der Waals surface area contributed by atoms with Gasteiger partial charge in [-0.3, -0.25) is 14.4 Å². The van der Waals surface area contributed by atoms with E-state index >= 15 is 0 Å². The lowest BCUT2D eigenvalue weighted by molar-refractivity contribution is -0.162. The molecule has 0 radical (unpaired) electrons. The summed E-state index contributed by atoms with van der Waals surface area (Å²) in [6, 6.07) is 18.8. The molecule has 1 unspecified atom stereocenters. The number of piperazine rings is 1. The number of benzene rings is 2. The number of hydrogen-bond acceptors (Lipinski definition) is 6. The number of amides is 2. The first-order valence-corrected chi connectivity index (χ1v) is 15.3. The molecule has 0 bridgehead atoms. The number of nitrogens with two attached hydrogens (primary N) is 1. The van der Waals surface area contributed by atoms with E-state index in [1.807, 2.05) is 48.2 Å². The van der Waals surface area contributed by atoms with Gasteiger partial charge in [0.05, 0.1) is 0 Å². The number of likely N-dealkylation sites (tertiary alicyclic amines) is 1. The van der Waals surface area contributed by atoms with Gasteiger partial charge in [0.1, 0.15) is 18.2 Å². The normalized spacial score (nSPS) is 19.7. The summed E-state index contributed by atoms with van der Waals surface area (Å²) in [4.78, 5) is 43.7. The first-order valence-electron chi connectivity index (χ1n) is 15.3. The van der Waals surface area contributed by atoms with Crippen molar-refractivity contribution in [1.29, 1.82) is 0 Å². The van der Waals surface area contributed by atoms with Gasteiger partial charge in [-0.05, 0) is 69.0 Å². The molecule has 8 nitrogen and oxygen atoms in total. The monoisotopic (exact) mass is 562 g/mol. The third-order valence-electron chi connectivity index (χ3n) is 8.51. The minimum atomic E-state index is -0.800. The molecule has 8 heteroatoms. The number of nitrogens with zero attached hydrogens (tertiary/aromatic N) is 2. The van der Waals surface area contributed by atoms with E-state index < -0.39 is 17.6 Å². The van der Waals surface area contributed by atoms with Crippen LogP contribution in [0, 0.1) is 0 Å². The molecule has 222 valence electrons. The van der Waals surface area contributed by atoms with Crippen molar-refractivity contribution in [3.05, 3.63) is 71.8 Å². The molecule has 2 aliphatic rings. The second kappa shape index (κ2) is 15.1. The number of rotatable bonds is 14. The van der Waals surface area contributed by atoms with E-state index in [2.05, 4.69) is 34.5 Å². The Labute approximate surface area is 244 Å². The Balaban J connectivity index is 1.23. The van der Waals surface area contributed by atoms with Crippen LogP contribution in [-0.2, 0) is 32.1 Å². The van der Waals surface area contributed by atoms with E-state index in [9.17, 15) is 14.4 Å². The topological polar surface area (TPSA) is 105 Å². The van der Waals surface area contributed by atoms with Crippen LogP contribution in [0.15, 0.2) is 60.7 Å². The Hall–Kier alpha value is -3.23. The van der Waals surface area contributed by atoms with Gasteiger partial charge in [-0.1, -0.05) is 67.6 Å². The number of ether oxygens (including phenoxy) is 1. The lowest BCUT2D eigenvalue weighted by atomic mass is 9.80. The van der Waals surface area contributed by atoms with Crippen molar-refractivity contribution >= 4 is 17.8 Å². The summed E-state index contributed by atoms with van der Waals surface area (Å²) in [7, 11) is 0. The van der Waals surface area contributed by atoms with Gasteiger partial charge in [0, 0.05) is 32.1 Å². The molecule has 2 aliphatic heterocycles. The molecule has 2 aromatic carbocycles. The molecule has 3 N–H and O–H groups in total. The van der Waals surface area contributed by atoms with Crippen molar-refractivity contribution in [2.75, 3.05) is 26.2 Å². The molecule has 1 spiro atoms. The standard InChI is InChI=1S/C33H46N4O4/c1-2-21-37-31(39)30(28(34)17-11-18-29(38)41-25-27-15-7-4-8-16-27)35-32(40)33(37)19-23-36(24-20-33)22-10-9-14-26-12-5-3-6-13-26/h3-8,12-13,15-16,28,30H,2,9-11,14,17-25,34H2,1H3,(H,35,40)/t28?,30-/m0/s1. The lowest BCUT2D eigenvalue weighted by Crippen LogP contribution is -2.75. The van der Waals surface area contributed by atoms with Gasteiger partial charge in [0.25, 0.3) is 0 Å². The van der Waals surface area contributed by atoms with Gasteiger partial charge in [-0.15, -0.1) is 0 Å². The number of aryl methyl sites for hydroxylation is 1. The Kier molecular flexibility index (Phi) is 11.3. The van der Waals surface area contributed by atoms with Gasteiger partial charge >= 0.3 is 5.97 Å². The summed E-state index contributed by atoms with van der Waals surface area (Å²) < 4.78 is 5.35. The third-order valence-corrected chi connectivity index (χ3v) is 8.51. The van der Waals surface area contributed by atoms with Crippen LogP contribution in [0.3, 0.4) is 0 Å². The number of esters is 1. The zero-order valence-electron chi connectivity index (χ0n) is 24.4. The Bertz CT molecular complexity index is 1120. The van der Waals surface area contributed by atoms with E-state index in [0.717, 1.165) is 50.9 Å². The zero-order chi connectivity index (χ0) is 29.1. The van der Waals surface area contributed by atoms with Crippen LogP contribution >= 0.6 is 0 Å². The molecule has 0 saturated carbocycles. The van der Waals surface area contributed by atoms with E-state index in [1.54, 1.807) is 0 Å². The maximum absolute atomic E-state index is 13.7. The average molecular weight is 563 g/mol. The molecule has 2 aromatic rings. The largest absolute Gasteiger partial charge is 0.461 e. The van der Waals surface area contributed by atoms with Crippen LogP contribution in [0.4, 0.5) is 0 Å². The van der Waals surface area contributed by atoms with Gasteiger partial charge in [0.2, 0.25) is 11.8 Å². The second-order valence-corrected chi connectivity index (χ2v) is 11.5. The number of nitrogens with one attached hydrogen (secondary N) is 1. The van der Waals surface area contributed by atoms with Gasteiger partial charge in [-0.25, -0.2) is 0 Å². The van der Waals surface area contributed by atoms with Crippen molar-refractivity contribution in [1.82, 2.24) is 15.1 Å². The highest BCUT2D eigenvalue weighted by atomic mass is 16.5. The molecule has 4 rings (SSSR count). The SMILES string of the molecule is CCCN1C(=O)[C@H](C(N)CCCC(=O)OCc2ccccc2)NC(=O)C12CCN(CCCCc1ccccc1)CC2. The number of carbonyl (C=O) groups excluding carboxylic acids is 3. The van der Waals surface area contributed by atoms with Gasteiger partial charge in [0.15, 0.2) is 0 Å². The highest BCUT2D eigenvalue weighted by Gasteiger charge is 2.54. The van der Waals surface area contributed by atoms with Crippen LogP contribution in [0.5, 0.6) is 0 Å². The van der Waals surface area contributed by atoms with Crippen LogP contribution in [0.2, 0.25) is 0 Å². The Morgan fingerprint density at radius 1 is 0.976 bits per heavy atom. The van der Waals surface area contributed by atoms with Crippen LogP contribution < -0.4 is 11.1 Å². The smallest absolute Gasteiger partial charge is 0.306 e. The summed E-state index contributed by atoms with van der Waals surface area (Å²) in [5.74, 6) is -0.475. The molecule has 0 aromatic heterocycles. The summed E-state index contributed by atoms with van der Waals surface area (Å²) in [6.07, 6.45) is 6.54. The maximum Gasteiger partial charge on any atom is 0.306 e. The Morgan fingerprint density at radius 3 is 2.29 bits per heavy atom. The second-order valence-electron chi connectivity index (χ2n) is 11.5. The molecular formula is C33H46N4O4. The summed E-state index contributed by atoms with van der Waals surface area (Å²) >= 11 is 0. The highest BCUT2D eigenvalue weighted by Crippen LogP contribution is 2.34. The first kappa shape index (κ1) is 30.7. The molecule has 41 heavy (non-hydrogen) atoms. The van der Waals surface area contributed by atoms with E-state index in [4.69, 9.17) is 10.5 Å². The van der Waals surface area contributed by atoms with Gasteiger partial charge < -0.3 is 25.6 Å². The quantitative estimate of drug-likeness (QED) is 0.268. The van der Waals surface area contributed by atoms with E-state index in [-0.39, 0.29) is 30.8 Å². The molecule has 2 atom stereocenters. The number of piperidine rings is 1. The molecule has 2 saturated heterocycles. The van der Waals surface area contributed by atoms with Crippen molar-refractivity contribution in [3.8, 4) is 0 Å². The zero-order valence-corrected chi connectivity index (χ0v) is 24.4. The van der Waals surface area contributed by atoms with E-state index in [0.29, 0.717) is 32.2 Å². The number of unbranched alkanes of at least 4 members (excludes halogenated alkanes) is 1. The minimum absolute atomic E-state index is 0.0861. The Morgan fingerprint density at radius 2 is 1.63 bits per heavy atom. The van der Waals surface area contributed by atoms with Crippen molar-refractivity contribution in [2.24, 2.45) is 5.73 Å². The minimum Gasteiger partial charge on any atom is -0.461 e. The van der Waals surface area contributed by atoms with Crippen LogP contribution in [-0.4, -0.2) is 71.4 Å². The average Bonchev–Trinajstić information content (AvgIpc) is 3.00. The molecule has 2 heterocycles. The molecular weight excluding hydrogens is 516 g/mol.